The van der Waals surface area contributed by atoms with Crippen LogP contribution in [0.1, 0.15) is 5.56 Å². The fraction of sp³-hybridized carbons (Fsp3) is 0.300. The minimum Gasteiger partial charge on any atom is -0.467 e. The number of carbonyl (C=O) groups is 1. The highest BCUT2D eigenvalue weighted by Gasteiger charge is 2.30. The van der Waals surface area contributed by atoms with E-state index in [-0.39, 0.29) is 5.75 Å². The SMILES string of the molecule is CN(C(=O)O)C1Cc2cccc(F)c2O1. The van der Waals surface area contributed by atoms with Crippen molar-refractivity contribution in [3.8, 4) is 5.75 Å². The highest BCUT2D eigenvalue weighted by atomic mass is 19.1. The van der Waals surface area contributed by atoms with E-state index in [0.717, 1.165) is 4.90 Å². The van der Waals surface area contributed by atoms with Gasteiger partial charge >= 0.3 is 6.09 Å². The van der Waals surface area contributed by atoms with Gasteiger partial charge in [-0.1, -0.05) is 12.1 Å². The van der Waals surface area contributed by atoms with Crippen molar-refractivity contribution in [3.63, 3.8) is 0 Å². The average Bonchev–Trinajstić information content (AvgIpc) is 2.61. The normalized spacial score (nSPS) is 18.1. The van der Waals surface area contributed by atoms with Gasteiger partial charge in [0.15, 0.2) is 17.8 Å². The summed E-state index contributed by atoms with van der Waals surface area (Å²) in [5, 5.41) is 8.74. The van der Waals surface area contributed by atoms with Crippen LogP contribution in [0.3, 0.4) is 0 Å². The molecule has 1 heterocycles. The van der Waals surface area contributed by atoms with Gasteiger partial charge in [-0.3, -0.25) is 4.90 Å². The van der Waals surface area contributed by atoms with Crippen LogP contribution in [0.2, 0.25) is 0 Å². The van der Waals surface area contributed by atoms with E-state index in [1.807, 2.05) is 0 Å². The van der Waals surface area contributed by atoms with Gasteiger partial charge in [-0.2, -0.15) is 0 Å². The topological polar surface area (TPSA) is 49.8 Å². The molecular formula is C10H10FNO3. The number of likely N-dealkylation sites (N-methyl/N-ethyl adjacent to an activating group) is 1. The van der Waals surface area contributed by atoms with E-state index in [1.165, 1.54) is 13.1 Å². The third-order valence-corrected chi connectivity index (χ3v) is 2.43. The zero-order valence-electron chi connectivity index (χ0n) is 8.11. The van der Waals surface area contributed by atoms with Crippen molar-refractivity contribution >= 4 is 6.09 Å². The molecule has 0 fully saturated rings. The number of ether oxygens (including phenoxy) is 1. The molecule has 1 unspecified atom stereocenters. The maximum Gasteiger partial charge on any atom is 0.409 e. The maximum atomic E-state index is 13.2. The predicted octanol–water partition coefficient (Wildman–Crippen LogP) is 1.70. The molecule has 1 N–H and O–H groups in total. The Morgan fingerprint density at radius 3 is 3.00 bits per heavy atom. The van der Waals surface area contributed by atoms with Gasteiger partial charge in [-0.15, -0.1) is 0 Å². The molecule has 0 aliphatic carbocycles. The quantitative estimate of drug-likeness (QED) is 0.769. The van der Waals surface area contributed by atoms with Gasteiger partial charge in [0.2, 0.25) is 0 Å². The summed E-state index contributed by atoms with van der Waals surface area (Å²) in [6.45, 7) is 0. The molecule has 0 saturated heterocycles. The Bertz CT molecular complexity index is 408. The summed E-state index contributed by atoms with van der Waals surface area (Å²) in [6.07, 6.45) is -1.33. The number of carboxylic acid groups (broad SMARTS) is 1. The van der Waals surface area contributed by atoms with Crippen LogP contribution in [0.25, 0.3) is 0 Å². The Kier molecular flexibility index (Phi) is 2.22. The van der Waals surface area contributed by atoms with Crippen LogP contribution in [0, 0.1) is 5.82 Å². The Balaban J connectivity index is 2.23. The van der Waals surface area contributed by atoms with Gasteiger partial charge in [0, 0.05) is 19.0 Å². The van der Waals surface area contributed by atoms with E-state index < -0.39 is 18.1 Å². The van der Waals surface area contributed by atoms with Gasteiger partial charge in [0.1, 0.15) is 0 Å². The van der Waals surface area contributed by atoms with Crippen molar-refractivity contribution in [1.82, 2.24) is 4.90 Å². The first-order valence-electron chi connectivity index (χ1n) is 4.49. The fourth-order valence-corrected chi connectivity index (χ4v) is 1.55. The van der Waals surface area contributed by atoms with E-state index >= 15 is 0 Å². The van der Waals surface area contributed by atoms with Crippen molar-refractivity contribution in [2.45, 2.75) is 12.6 Å². The Morgan fingerprint density at radius 2 is 2.40 bits per heavy atom. The van der Waals surface area contributed by atoms with Gasteiger partial charge in [0.05, 0.1) is 0 Å². The molecule has 80 valence electrons. The minimum absolute atomic E-state index is 0.163. The van der Waals surface area contributed by atoms with Crippen LogP contribution in [0.5, 0.6) is 5.75 Å². The van der Waals surface area contributed by atoms with Crippen molar-refractivity contribution in [3.05, 3.63) is 29.6 Å². The molecule has 4 nitrogen and oxygen atoms in total. The summed E-state index contributed by atoms with van der Waals surface area (Å²) in [4.78, 5) is 11.7. The van der Waals surface area contributed by atoms with E-state index in [1.54, 1.807) is 12.1 Å². The Hall–Kier alpha value is -1.78. The molecule has 0 bridgehead atoms. The summed E-state index contributed by atoms with van der Waals surface area (Å²) in [6, 6.07) is 4.61. The Morgan fingerprint density at radius 1 is 1.67 bits per heavy atom. The summed E-state index contributed by atoms with van der Waals surface area (Å²) in [5.41, 5.74) is 0.702. The number of fused-ring (bicyclic) bond motifs is 1. The van der Waals surface area contributed by atoms with E-state index in [9.17, 15) is 9.18 Å². The van der Waals surface area contributed by atoms with Crippen molar-refractivity contribution in [2.75, 3.05) is 7.05 Å². The molecule has 1 atom stereocenters. The summed E-state index contributed by atoms with van der Waals surface area (Å²) in [7, 11) is 1.40. The molecule has 0 spiro atoms. The summed E-state index contributed by atoms with van der Waals surface area (Å²) >= 11 is 0. The first-order valence-corrected chi connectivity index (χ1v) is 4.49. The van der Waals surface area contributed by atoms with E-state index in [2.05, 4.69) is 0 Å². The molecule has 1 aliphatic rings. The number of benzene rings is 1. The van der Waals surface area contributed by atoms with Crippen LogP contribution in [-0.4, -0.2) is 29.4 Å². The second kappa shape index (κ2) is 3.42. The first-order chi connectivity index (χ1) is 7.09. The van der Waals surface area contributed by atoms with Gasteiger partial charge in [-0.05, 0) is 6.07 Å². The molecule has 15 heavy (non-hydrogen) atoms. The number of rotatable bonds is 1. The number of amides is 1. The smallest absolute Gasteiger partial charge is 0.409 e. The second-order valence-electron chi connectivity index (χ2n) is 3.40. The predicted molar refractivity (Wildman–Crippen MR) is 50.3 cm³/mol. The van der Waals surface area contributed by atoms with Gasteiger partial charge < -0.3 is 9.84 Å². The van der Waals surface area contributed by atoms with Crippen LogP contribution in [-0.2, 0) is 6.42 Å². The van der Waals surface area contributed by atoms with Crippen molar-refractivity contribution in [2.24, 2.45) is 0 Å². The number of nitrogens with zero attached hydrogens (tertiary/aromatic N) is 1. The average molecular weight is 211 g/mol. The molecule has 1 aliphatic heterocycles. The monoisotopic (exact) mass is 211 g/mol. The molecule has 0 aromatic heterocycles. The second-order valence-corrected chi connectivity index (χ2v) is 3.40. The summed E-state index contributed by atoms with van der Waals surface area (Å²) in [5.74, 6) is -0.288. The number of para-hydroxylation sites is 1. The molecule has 0 saturated carbocycles. The van der Waals surface area contributed by atoms with E-state index in [4.69, 9.17) is 9.84 Å². The molecule has 5 heteroatoms. The maximum absolute atomic E-state index is 13.2. The molecule has 1 amide bonds. The Labute approximate surface area is 85.9 Å². The lowest BCUT2D eigenvalue weighted by Gasteiger charge is -2.20. The van der Waals surface area contributed by atoms with Gasteiger partial charge in [-0.25, -0.2) is 9.18 Å². The van der Waals surface area contributed by atoms with Crippen LogP contribution in [0.15, 0.2) is 18.2 Å². The zero-order valence-corrected chi connectivity index (χ0v) is 8.11. The fourth-order valence-electron chi connectivity index (χ4n) is 1.55. The molecular weight excluding hydrogens is 201 g/mol. The van der Waals surface area contributed by atoms with E-state index in [0.29, 0.717) is 12.0 Å². The zero-order chi connectivity index (χ0) is 11.0. The van der Waals surface area contributed by atoms with Crippen LogP contribution < -0.4 is 4.74 Å². The highest BCUT2D eigenvalue weighted by Crippen LogP contribution is 2.32. The highest BCUT2D eigenvalue weighted by molar-refractivity contribution is 5.65. The van der Waals surface area contributed by atoms with Gasteiger partial charge in [0.25, 0.3) is 0 Å². The number of hydrogen-bond acceptors (Lipinski definition) is 2. The summed E-state index contributed by atoms with van der Waals surface area (Å²) < 4.78 is 18.5. The third kappa shape index (κ3) is 1.60. The van der Waals surface area contributed by atoms with Crippen LogP contribution in [0.4, 0.5) is 9.18 Å². The molecule has 1 aromatic rings. The van der Waals surface area contributed by atoms with Crippen LogP contribution >= 0.6 is 0 Å². The number of halogens is 1. The first kappa shape index (κ1) is 9.76. The largest absolute Gasteiger partial charge is 0.467 e. The lowest BCUT2D eigenvalue weighted by Crippen LogP contribution is -2.38. The van der Waals surface area contributed by atoms with Crippen molar-refractivity contribution < 1.29 is 19.0 Å². The number of hydrogen-bond donors (Lipinski definition) is 1. The van der Waals surface area contributed by atoms with Crippen molar-refractivity contribution in [1.29, 1.82) is 0 Å². The minimum atomic E-state index is -1.09. The third-order valence-electron chi connectivity index (χ3n) is 2.43. The molecule has 0 radical (unpaired) electrons. The lowest BCUT2D eigenvalue weighted by atomic mass is 10.1. The molecule has 1 aromatic carbocycles. The standard InChI is InChI=1S/C10H10FNO3/c1-12(10(13)14)8-5-6-3-2-4-7(11)9(6)15-8/h2-4,8H,5H2,1H3,(H,13,14). The molecule has 2 rings (SSSR count). The lowest BCUT2D eigenvalue weighted by molar-refractivity contribution is 0.0587.